The lowest BCUT2D eigenvalue weighted by molar-refractivity contribution is -0.274. The lowest BCUT2D eigenvalue weighted by Crippen LogP contribution is -2.21. The summed E-state index contributed by atoms with van der Waals surface area (Å²) in [6.07, 6.45) is -4.73. The van der Waals surface area contributed by atoms with Crippen LogP contribution < -0.4 is 20.9 Å². The van der Waals surface area contributed by atoms with Crippen LogP contribution >= 0.6 is 12.4 Å². The molecule has 18 heavy (non-hydrogen) atoms. The number of hydrogen-bond donors (Lipinski definition) is 2. The van der Waals surface area contributed by atoms with Crippen molar-refractivity contribution in [3.8, 4) is 11.5 Å². The summed E-state index contributed by atoms with van der Waals surface area (Å²) in [5.74, 6) is -0.146. The first-order valence-corrected chi connectivity index (χ1v) is 4.76. The maximum atomic E-state index is 12.0. The Labute approximate surface area is 108 Å². The Bertz CT molecular complexity index is 388. The third-order valence-corrected chi connectivity index (χ3v) is 2.09. The van der Waals surface area contributed by atoms with Gasteiger partial charge in [0.25, 0.3) is 0 Å². The van der Waals surface area contributed by atoms with E-state index in [0.717, 1.165) is 6.07 Å². The van der Waals surface area contributed by atoms with Crippen LogP contribution in [0.15, 0.2) is 18.2 Å². The Morgan fingerprint density at radius 2 is 1.94 bits per heavy atom. The normalized spacial score (nSPS) is 12.6. The maximum Gasteiger partial charge on any atom is 0.573 e. The minimum atomic E-state index is -4.73. The summed E-state index contributed by atoms with van der Waals surface area (Å²) >= 11 is 0. The van der Waals surface area contributed by atoms with E-state index in [1.807, 2.05) is 0 Å². The van der Waals surface area contributed by atoms with Gasteiger partial charge in [-0.3, -0.25) is 0 Å². The van der Waals surface area contributed by atoms with Crippen molar-refractivity contribution in [2.75, 3.05) is 13.7 Å². The second-order valence-electron chi connectivity index (χ2n) is 3.29. The number of benzene rings is 1. The van der Waals surface area contributed by atoms with Gasteiger partial charge in [-0.2, -0.15) is 0 Å². The fourth-order valence-electron chi connectivity index (χ4n) is 1.32. The van der Waals surface area contributed by atoms with Crippen LogP contribution in [0.25, 0.3) is 0 Å². The highest BCUT2D eigenvalue weighted by molar-refractivity contribution is 5.85. The standard InChI is InChI=1S/C10H13F3N2O2.ClH/c1-16-9-4-6(17-10(11,12)13)2-3-7(9)8(15)5-14;/h2-4,8H,5,14-15H2,1H3;1H/t8-;/m1./s1. The second kappa shape index (κ2) is 6.67. The molecule has 0 radical (unpaired) electrons. The fraction of sp³-hybridized carbons (Fsp3) is 0.400. The summed E-state index contributed by atoms with van der Waals surface area (Å²) in [6.45, 7) is 0.163. The molecule has 0 saturated carbocycles. The first-order chi connectivity index (χ1) is 7.87. The summed E-state index contributed by atoms with van der Waals surface area (Å²) < 4.78 is 44.7. The quantitative estimate of drug-likeness (QED) is 0.888. The van der Waals surface area contributed by atoms with E-state index in [1.54, 1.807) is 0 Å². The average molecular weight is 287 g/mol. The monoisotopic (exact) mass is 286 g/mol. The molecule has 0 fully saturated rings. The molecule has 4 nitrogen and oxygen atoms in total. The van der Waals surface area contributed by atoms with Gasteiger partial charge in [0.2, 0.25) is 0 Å². The van der Waals surface area contributed by atoms with Crippen LogP contribution in [0, 0.1) is 0 Å². The van der Waals surface area contributed by atoms with Gasteiger partial charge in [0.05, 0.1) is 7.11 Å². The number of methoxy groups -OCH3 is 1. The largest absolute Gasteiger partial charge is 0.573 e. The Morgan fingerprint density at radius 1 is 1.33 bits per heavy atom. The van der Waals surface area contributed by atoms with Crippen molar-refractivity contribution in [1.29, 1.82) is 0 Å². The smallest absolute Gasteiger partial charge is 0.496 e. The summed E-state index contributed by atoms with van der Waals surface area (Å²) in [5.41, 5.74) is 11.6. The molecule has 0 aliphatic carbocycles. The average Bonchev–Trinajstić information content (AvgIpc) is 2.25. The number of rotatable bonds is 4. The van der Waals surface area contributed by atoms with Crippen molar-refractivity contribution in [3.05, 3.63) is 23.8 Å². The third-order valence-electron chi connectivity index (χ3n) is 2.09. The summed E-state index contributed by atoms with van der Waals surface area (Å²) in [7, 11) is 1.33. The number of nitrogens with two attached hydrogens (primary N) is 2. The Morgan fingerprint density at radius 3 is 2.39 bits per heavy atom. The molecular formula is C10H14ClF3N2O2. The van der Waals surface area contributed by atoms with Gasteiger partial charge in [-0.1, -0.05) is 6.07 Å². The molecular weight excluding hydrogens is 273 g/mol. The van der Waals surface area contributed by atoms with Crippen LogP contribution in [0.5, 0.6) is 11.5 Å². The van der Waals surface area contributed by atoms with Gasteiger partial charge >= 0.3 is 6.36 Å². The Balaban J connectivity index is 0.00000289. The van der Waals surface area contributed by atoms with Crippen molar-refractivity contribution in [3.63, 3.8) is 0 Å². The molecule has 0 aliphatic heterocycles. The van der Waals surface area contributed by atoms with Gasteiger partial charge in [0.1, 0.15) is 11.5 Å². The highest BCUT2D eigenvalue weighted by Crippen LogP contribution is 2.31. The molecule has 0 bridgehead atoms. The number of halogens is 4. The molecule has 8 heteroatoms. The number of hydrogen-bond acceptors (Lipinski definition) is 4. The van der Waals surface area contributed by atoms with Crippen LogP contribution in [-0.4, -0.2) is 20.0 Å². The van der Waals surface area contributed by atoms with Crippen LogP contribution in [0.4, 0.5) is 13.2 Å². The third kappa shape index (κ3) is 4.59. The van der Waals surface area contributed by atoms with Crippen molar-refractivity contribution in [2.45, 2.75) is 12.4 Å². The van der Waals surface area contributed by atoms with Gasteiger partial charge in [-0.15, -0.1) is 25.6 Å². The topological polar surface area (TPSA) is 70.5 Å². The molecule has 0 aromatic heterocycles. The Hall–Kier alpha value is -1.18. The molecule has 1 aromatic rings. The zero-order chi connectivity index (χ0) is 13.1. The van der Waals surface area contributed by atoms with Gasteiger partial charge in [-0.25, -0.2) is 0 Å². The van der Waals surface area contributed by atoms with E-state index >= 15 is 0 Å². The highest BCUT2D eigenvalue weighted by atomic mass is 35.5. The van der Waals surface area contributed by atoms with E-state index in [2.05, 4.69) is 4.74 Å². The van der Waals surface area contributed by atoms with Crippen molar-refractivity contribution in [2.24, 2.45) is 11.5 Å². The van der Waals surface area contributed by atoms with E-state index in [1.165, 1.54) is 19.2 Å². The Kier molecular flexibility index (Phi) is 6.23. The molecule has 0 heterocycles. The predicted molar refractivity (Wildman–Crippen MR) is 62.9 cm³/mol. The van der Waals surface area contributed by atoms with Crippen LogP contribution in [-0.2, 0) is 0 Å². The van der Waals surface area contributed by atoms with Crippen molar-refractivity contribution >= 4 is 12.4 Å². The van der Waals surface area contributed by atoms with Crippen LogP contribution in [0.1, 0.15) is 11.6 Å². The molecule has 0 aliphatic rings. The molecule has 0 amide bonds. The van der Waals surface area contributed by atoms with Gasteiger partial charge in [-0.05, 0) is 6.07 Å². The SMILES string of the molecule is COc1cc(OC(F)(F)F)ccc1[C@H](N)CN.Cl. The zero-order valence-corrected chi connectivity index (χ0v) is 10.3. The molecule has 4 N–H and O–H groups in total. The van der Waals surface area contributed by atoms with Gasteiger partial charge < -0.3 is 20.9 Å². The van der Waals surface area contributed by atoms with E-state index in [9.17, 15) is 13.2 Å². The second-order valence-corrected chi connectivity index (χ2v) is 3.29. The molecule has 1 aromatic carbocycles. The summed E-state index contributed by atoms with van der Waals surface area (Å²) in [5, 5.41) is 0. The first-order valence-electron chi connectivity index (χ1n) is 4.76. The summed E-state index contributed by atoms with van der Waals surface area (Å²) in [6, 6.07) is 3.20. The zero-order valence-electron chi connectivity index (χ0n) is 9.53. The summed E-state index contributed by atoms with van der Waals surface area (Å²) in [4.78, 5) is 0. The van der Waals surface area contributed by atoms with E-state index in [0.29, 0.717) is 5.56 Å². The molecule has 0 spiro atoms. The number of alkyl halides is 3. The highest BCUT2D eigenvalue weighted by Gasteiger charge is 2.31. The van der Waals surface area contributed by atoms with E-state index in [4.69, 9.17) is 16.2 Å². The van der Waals surface area contributed by atoms with Crippen LogP contribution in [0.3, 0.4) is 0 Å². The van der Waals surface area contributed by atoms with Crippen molar-refractivity contribution < 1.29 is 22.6 Å². The predicted octanol–water partition coefficient (Wildman–Crippen LogP) is 1.97. The molecule has 1 atom stereocenters. The van der Waals surface area contributed by atoms with Gasteiger partial charge in [0.15, 0.2) is 0 Å². The fourth-order valence-corrected chi connectivity index (χ4v) is 1.32. The van der Waals surface area contributed by atoms with E-state index < -0.39 is 12.4 Å². The van der Waals surface area contributed by atoms with Crippen molar-refractivity contribution in [1.82, 2.24) is 0 Å². The minimum Gasteiger partial charge on any atom is -0.496 e. The number of ether oxygens (including phenoxy) is 2. The molecule has 1 rings (SSSR count). The molecule has 0 saturated heterocycles. The molecule has 0 unspecified atom stereocenters. The van der Waals surface area contributed by atoms with Gasteiger partial charge in [0, 0.05) is 24.2 Å². The van der Waals surface area contributed by atoms with E-state index in [-0.39, 0.29) is 30.5 Å². The lowest BCUT2D eigenvalue weighted by Gasteiger charge is -2.16. The molecule has 104 valence electrons. The first kappa shape index (κ1) is 16.8. The lowest BCUT2D eigenvalue weighted by atomic mass is 10.1. The maximum absolute atomic E-state index is 12.0. The minimum absolute atomic E-state index is 0. The van der Waals surface area contributed by atoms with Crippen LogP contribution in [0.2, 0.25) is 0 Å².